The van der Waals surface area contributed by atoms with Crippen LogP contribution >= 0.6 is 11.3 Å². The number of rotatable bonds is 3. The quantitative estimate of drug-likeness (QED) is 0.646. The van der Waals surface area contributed by atoms with E-state index < -0.39 is 10.2 Å². The summed E-state index contributed by atoms with van der Waals surface area (Å²) in [5.41, 5.74) is 0. The minimum atomic E-state index is -4.94. The van der Waals surface area contributed by atoms with Crippen molar-refractivity contribution < 1.29 is 33.3 Å². The topological polar surface area (TPSA) is 104 Å². The van der Waals surface area contributed by atoms with E-state index in [2.05, 4.69) is 37.3 Å². The van der Waals surface area contributed by atoms with Crippen LogP contribution in [0.3, 0.4) is 0 Å². The molecule has 2 aromatic heterocycles. The molecule has 0 bridgehead atoms. The number of thiophene rings is 1. The van der Waals surface area contributed by atoms with Gasteiger partial charge >= 0.3 is 11.5 Å². The Morgan fingerprint density at radius 2 is 1.74 bits per heavy atom. The molecule has 0 atom stereocenters. The molecule has 124 valence electrons. The number of benzene rings is 1. The molecule has 23 heavy (non-hydrogen) atoms. The van der Waals surface area contributed by atoms with Gasteiger partial charge in [-0.2, -0.15) is 0 Å². The van der Waals surface area contributed by atoms with Gasteiger partial charge in [-0.05, 0) is 12.5 Å². The largest absolute Gasteiger partial charge is 0.347 e. The highest BCUT2D eigenvalue weighted by atomic mass is 35.7. The van der Waals surface area contributed by atoms with Crippen molar-refractivity contribution in [2.24, 2.45) is 0 Å². The van der Waals surface area contributed by atoms with E-state index in [0.717, 1.165) is 17.9 Å². The molecule has 0 unspecified atom stereocenters. The second kappa shape index (κ2) is 7.53. The fourth-order valence-corrected chi connectivity index (χ4v) is 3.58. The Kier molecular flexibility index (Phi) is 5.91. The van der Waals surface area contributed by atoms with Crippen LogP contribution in [0.1, 0.15) is 31.3 Å². The van der Waals surface area contributed by atoms with Crippen molar-refractivity contribution >= 4 is 31.5 Å². The van der Waals surface area contributed by atoms with Gasteiger partial charge in [-0.25, -0.2) is 23.1 Å². The molecular weight excluding hydrogens is 340 g/mol. The number of hydrogen-bond acceptors (Lipinski definition) is 5. The molecule has 0 aliphatic heterocycles. The van der Waals surface area contributed by atoms with E-state index in [9.17, 15) is 0 Å². The lowest BCUT2D eigenvalue weighted by Crippen LogP contribution is -2.68. The maximum Gasteiger partial charge on any atom is 0.347 e. The van der Waals surface area contributed by atoms with Crippen molar-refractivity contribution in [2.45, 2.75) is 33.1 Å². The third-order valence-electron chi connectivity index (χ3n) is 3.28. The van der Waals surface area contributed by atoms with E-state index in [1.165, 1.54) is 33.0 Å². The lowest BCUT2D eigenvalue weighted by Gasteiger charge is -2.17. The first-order valence-electron chi connectivity index (χ1n) is 7.15. The van der Waals surface area contributed by atoms with Crippen LogP contribution in [0.2, 0.25) is 0 Å². The molecule has 7 heteroatoms. The third-order valence-corrected chi connectivity index (χ3v) is 4.50. The van der Waals surface area contributed by atoms with E-state index in [1.54, 1.807) is 0 Å². The molecule has 0 aliphatic carbocycles. The van der Waals surface area contributed by atoms with Gasteiger partial charge in [0.1, 0.15) is 4.70 Å². The van der Waals surface area contributed by atoms with Gasteiger partial charge in [-0.15, -0.1) is 21.6 Å². The summed E-state index contributed by atoms with van der Waals surface area (Å²) >= 11 is 1.85. The minimum absolute atomic E-state index is 1.01. The smallest absolute Gasteiger partial charge is 0.222 e. The van der Waals surface area contributed by atoms with Crippen LogP contribution in [0.4, 0.5) is 0 Å². The van der Waals surface area contributed by atoms with Gasteiger partial charge < -0.3 is 0 Å². The second-order valence-electron chi connectivity index (χ2n) is 5.10. The van der Waals surface area contributed by atoms with Crippen LogP contribution in [0, 0.1) is 17.2 Å². The normalized spacial score (nSPS) is 11.6. The molecule has 3 aromatic rings. The first kappa shape index (κ1) is 18.1. The fourth-order valence-electron chi connectivity index (χ4n) is 2.39. The van der Waals surface area contributed by atoms with Gasteiger partial charge in [-0.3, -0.25) is 0 Å². The van der Waals surface area contributed by atoms with Crippen molar-refractivity contribution in [3.05, 3.63) is 41.9 Å². The maximum absolute atomic E-state index is 8.49. The summed E-state index contributed by atoms with van der Waals surface area (Å²) in [5, 5.41) is 2.71. The summed E-state index contributed by atoms with van der Waals surface area (Å²) in [4.78, 5) is 0. The molecule has 0 saturated heterocycles. The zero-order chi connectivity index (χ0) is 17.0. The van der Waals surface area contributed by atoms with Gasteiger partial charge in [0.15, 0.2) is 0 Å². The van der Waals surface area contributed by atoms with Gasteiger partial charge in [0.25, 0.3) is 0 Å². The molecule has 0 amide bonds. The maximum atomic E-state index is 8.49. The monoisotopic (exact) mass is 356 g/mol. The molecule has 0 spiro atoms. The van der Waals surface area contributed by atoms with Gasteiger partial charge in [-0.1, -0.05) is 31.5 Å². The summed E-state index contributed by atoms with van der Waals surface area (Å²) in [6, 6.07) is 10.8. The Bertz CT molecular complexity index is 788. The Hall–Kier alpha value is -1.28. The van der Waals surface area contributed by atoms with Crippen molar-refractivity contribution in [1.82, 2.24) is 0 Å². The Balaban J connectivity index is 0.000000338. The van der Waals surface area contributed by atoms with Crippen LogP contribution in [-0.4, -0.2) is 0 Å². The third kappa shape index (κ3) is 5.10. The predicted octanol–water partition coefficient (Wildman–Crippen LogP) is 0.824. The highest BCUT2D eigenvalue weighted by Gasteiger charge is 2.19. The molecule has 1 aromatic carbocycles. The average Bonchev–Trinajstić information content (AvgIpc) is 2.82. The van der Waals surface area contributed by atoms with E-state index in [4.69, 9.17) is 23.1 Å². The highest BCUT2D eigenvalue weighted by molar-refractivity contribution is 7.26. The van der Waals surface area contributed by atoms with E-state index in [1.807, 2.05) is 18.3 Å². The number of fused-ring (bicyclic) bond motifs is 3. The summed E-state index contributed by atoms with van der Waals surface area (Å²) in [5.74, 6) is 2.17. The molecule has 0 radical (unpaired) electrons. The highest BCUT2D eigenvalue weighted by Crippen LogP contribution is 2.37. The number of aryl methyl sites for hydroxylation is 2. The van der Waals surface area contributed by atoms with Gasteiger partial charge in [0, 0.05) is 21.5 Å². The van der Waals surface area contributed by atoms with Crippen molar-refractivity contribution in [3.8, 4) is 0 Å². The lowest BCUT2D eigenvalue weighted by molar-refractivity contribution is -2.00. The summed E-state index contributed by atoms with van der Waals surface area (Å²) in [6.07, 6.45) is 3.44. The van der Waals surface area contributed by atoms with Crippen LogP contribution < -0.4 is 18.6 Å². The van der Waals surface area contributed by atoms with Crippen LogP contribution in [-0.2, 0) is 6.42 Å². The van der Waals surface area contributed by atoms with Crippen LogP contribution in [0.25, 0.3) is 20.2 Å². The number of halogens is 1. The molecule has 0 N–H and O–H groups in total. The second-order valence-corrected chi connectivity index (χ2v) is 6.91. The minimum Gasteiger partial charge on any atom is -0.222 e. The molecule has 5 nitrogen and oxygen atoms in total. The van der Waals surface area contributed by atoms with Gasteiger partial charge in [0.2, 0.25) is 0 Å². The SMILES string of the molecule is CCCCc1[o+]c(C)cc2c1sc1ccccc12.[O-][Cl+3]([O-])([O-])[O-]. The Labute approximate surface area is 140 Å². The molecule has 2 heterocycles. The Morgan fingerprint density at radius 1 is 1.09 bits per heavy atom. The molecule has 0 aliphatic rings. The fraction of sp³-hybridized carbons (Fsp3) is 0.312. The molecular formula is C16H17ClO5S. The zero-order valence-electron chi connectivity index (χ0n) is 12.8. The van der Waals surface area contributed by atoms with E-state index in [-0.39, 0.29) is 0 Å². The molecule has 0 saturated carbocycles. The van der Waals surface area contributed by atoms with E-state index in [0.29, 0.717) is 0 Å². The van der Waals surface area contributed by atoms with Crippen molar-refractivity contribution in [1.29, 1.82) is 0 Å². The van der Waals surface area contributed by atoms with Crippen LogP contribution in [0.15, 0.2) is 34.7 Å². The van der Waals surface area contributed by atoms with E-state index >= 15 is 0 Å². The Morgan fingerprint density at radius 3 is 2.39 bits per heavy atom. The first-order valence-corrected chi connectivity index (χ1v) is 9.20. The summed E-state index contributed by atoms with van der Waals surface area (Å²) in [6.45, 7) is 4.26. The van der Waals surface area contributed by atoms with Crippen molar-refractivity contribution in [3.63, 3.8) is 0 Å². The predicted molar refractivity (Wildman–Crippen MR) is 79.4 cm³/mol. The molecule has 3 rings (SSSR count). The number of unbranched alkanes of at least 4 members (excludes halogenated alkanes) is 1. The first-order chi connectivity index (χ1) is 10.8. The summed E-state index contributed by atoms with van der Waals surface area (Å²) < 4.78 is 42.6. The standard InChI is InChI=1S/C16H17OS.ClHO4/c1-3-4-8-14-16-13(10-11(2)17-14)12-7-5-6-9-15(12)18-16;2-1(3,4)5/h5-7,9-10H,3-4,8H2,1-2H3;(H,2,3,4,5)/q+1;/p-1. The van der Waals surface area contributed by atoms with Crippen LogP contribution in [0.5, 0.6) is 0 Å². The number of hydrogen-bond donors (Lipinski definition) is 0. The molecule has 0 fully saturated rings. The average molecular weight is 357 g/mol. The van der Waals surface area contributed by atoms with Crippen molar-refractivity contribution in [2.75, 3.05) is 0 Å². The zero-order valence-corrected chi connectivity index (χ0v) is 14.4. The lowest BCUT2D eigenvalue weighted by atomic mass is 10.1. The van der Waals surface area contributed by atoms with Gasteiger partial charge in [0.05, 0.1) is 13.3 Å². The summed E-state index contributed by atoms with van der Waals surface area (Å²) in [7, 11) is -4.94.